The molecule has 1 aromatic rings. The third-order valence-electron chi connectivity index (χ3n) is 3.96. The van der Waals surface area contributed by atoms with E-state index in [0.717, 1.165) is 11.8 Å². The predicted octanol–water partition coefficient (Wildman–Crippen LogP) is -2.66. The van der Waals surface area contributed by atoms with Gasteiger partial charge in [0.2, 0.25) is 0 Å². The molecule has 0 unspecified atom stereocenters. The van der Waals surface area contributed by atoms with Crippen molar-refractivity contribution in [3.8, 4) is 0 Å². The molecule has 0 radical (unpaired) electrons. The van der Waals surface area contributed by atoms with Crippen LogP contribution in [0.5, 0.6) is 0 Å². The van der Waals surface area contributed by atoms with Gasteiger partial charge in [-0.05, 0) is 6.42 Å². The Morgan fingerprint density at radius 1 is 1.03 bits per heavy atom. The third kappa shape index (κ3) is 12.8. The number of nitrogens with two attached hydrogens (primary N) is 1. The molecule has 0 aliphatic carbocycles. The van der Waals surface area contributed by atoms with Crippen LogP contribution in [0.1, 0.15) is 12.8 Å². The molecular weight excluding hydrogens is 559 g/mol. The molecule has 0 aliphatic heterocycles. The van der Waals surface area contributed by atoms with Gasteiger partial charge in [-0.25, -0.2) is 0 Å². The normalized spacial score (nSPS) is 12.1. The van der Waals surface area contributed by atoms with Crippen LogP contribution in [0, 0.1) is 0 Å². The van der Waals surface area contributed by atoms with Gasteiger partial charge >= 0.3 is 142 Å². The molecule has 0 bridgehead atoms. The molecule has 0 saturated carbocycles. The van der Waals surface area contributed by atoms with Gasteiger partial charge in [-0.15, -0.1) is 12.4 Å². The van der Waals surface area contributed by atoms with E-state index in [9.17, 15) is 32.2 Å². The maximum atomic E-state index is 12.2. The molecule has 190 valence electrons. The first kappa shape index (κ1) is 31.6. The minimum Gasteiger partial charge on any atom is -0.480 e. The first-order valence-electron chi connectivity index (χ1n) is 9.42. The molecule has 16 heteroatoms. The van der Waals surface area contributed by atoms with Gasteiger partial charge in [0.15, 0.2) is 0 Å². The fourth-order valence-electron chi connectivity index (χ4n) is 2.29. The number of carboxylic acid groups (broad SMARTS) is 2. The molecule has 13 nitrogen and oxygen atoms in total. The third-order valence-corrected chi connectivity index (χ3v) is 6.59. The molecule has 0 aliphatic rings. The second-order valence-electron chi connectivity index (χ2n) is 6.61. The summed E-state index contributed by atoms with van der Waals surface area (Å²) >= 11 is -1.99. The molecule has 0 aromatic heterocycles. The van der Waals surface area contributed by atoms with Crippen LogP contribution in [-0.4, -0.2) is 93.5 Å². The number of aliphatic carboxylic acids is 2. The Hall–Kier alpha value is -2.35. The van der Waals surface area contributed by atoms with Crippen LogP contribution in [0.25, 0.3) is 0 Å². The predicted molar refractivity (Wildman–Crippen MR) is 127 cm³/mol. The molecule has 1 rings (SSSR count). The van der Waals surface area contributed by atoms with Gasteiger partial charge in [-0.2, -0.15) is 0 Å². The summed E-state index contributed by atoms with van der Waals surface area (Å²) in [4.78, 5) is 57.8. The van der Waals surface area contributed by atoms with Crippen molar-refractivity contribution in [2.24, 2.45) is 5.73 Å². The number of hydrogen-bond donors (Lipinski definition) is 8. The van der Waals surface area contributed by atoms with Crippen LogP contribution in [0.4, 0.5) is 5.69 Å². The summed E-state index contributed by atoms with van der Waals surface area (Å²) in [6.07, 6.45) is -0.419. The summed E-state index contributed by atoms with van der Waals surface area (Å²) in [6.45, 7) is -0.665. The van der Waals surface area contributed by atoms with Crippen molar-refractivity contribution < 1.29 is 42.4 Å². The Bertz CT molecular complexity index is 860. The number of anilines is 1. The number of halogens is 1. The average Bonchev–Trinajstić information content (AvgIpc) is 2.75. The van der Waals surface area contributed by atoms with E-state index >= 15 is 0 Å². The first-order chi connectivity index (χ1) is 15.5. The summed E-state index contributed by atoms with van der Waals surface area (Å²) in [5.41, 5.74) is 5.77. The van der Waals surface area contributed by atoms with Gasteiger partial charge in [0.05, 0.1) is 0 Å². The van der Waals surface area contributed by atoms with Gasteiger partial charge in [0.1, 0.15) is 12.6 Å². The van der Waals surface area contributed by atoms with E-state index in [-0.39, 0.29) is 36.8 Å². The number of benzene rings is 1. The summed E-state index contributed by atoms with van der Waals surface area (Å²) in [5, 5.41) is 24.6. The molecule has 2 atom stereocenters. The minimum absolute atomic E-state index is 0. The Labute approximate surface area is 210 Å². The molecular formula is C18H26AsClN4O9S. The molecule has 0 fully saturated rings. The Balaban J connectivity index is 0.0000109. The van der Waals surface area contributed by atoms with Crippen molar-refractivity contribution in [3.63, 3.8) is 0 Å². The second kappa shape index (κ2) is 16.3. The molecule has 1 aromatic carbocycles. The number of carbonyl (C=O) groups excluding carboxylic acids is 3. The summed E-state index contributed by atoms with van der Waals surface area (Å²) in [7, 11) is 0. The van der Waals surface area contributed by atoms with Gasteiger partial charge in [-0.1, -0.05) is 0 Å². The van der Waals surface area contributed by atoms with Crippen LogP contribution in [0.3, 0.4) is 0 Å². The summed E-state index contributed by atoms with van der Waals surface area (Å²) in [5.74, 6) is -4.55. The van der Waals surface area contributed by atoms with Crippen molar-refractivity contribution in [2.45, 2.75) is 24.9 Å². The molecule has 34 heavy (non-hydrogen) atoms. The number of thioether (sulfide) groups is 1. The number of rotatable bonds is 14. The van der Waals surface area contributed by atoms with E-state index in [1.807, 2.05) is 0 Å². The number of amides is 3. The zero-order chi connectivity index (χ0) is 25.0. The number of hydrogen-bond acceptors (Lipinski definition) is 9. The van der Waals surface area contributed by atoms with E-state index in [4.69, 9.17) is 15.9 Å². The van der Waals surface area contributed by atoms with Gasteiger partial charge in [-0.3, -0.25) is 14.4 Å². The minimum atomic E-state index is -2.99. The van der Waals surface area contributed by atoms with Crippen molar-refractivity contribution in [1.29, 1.82) is 0 Å². The van der Waals surface area contributed by atoms with Crippen LogP contribution in [0.15, 0.2) is 24.3 Å². The average molecular weight is 585 g/mol. The summed E-state index contributed by atoms with van der Waals surface area (Å²) < 4.78 is 18.8. The topological polar surface area (TPSA) is 228 Å². The zero-order valence-corrected chi connectivity index (χ0v) is 21.2. The fraction of sp³-hybridized carbons (Fsp3) is 0.389. The van der Waals surface area contributed by atoms with E-state index in [0.29, 0.717) is 10.0 Å². The van der Waals surface area contributed by atoms with Crippen molar-refractivity contribution in [3.05, 3.63) is 24.3 Å². The van der Waals surface area contributed by atoms with E-state index in [1.54, 1.807) is 0 Å². The van der Waals surface area contributed by atoms with Crippen LogP contribution < -0.4 is 26.0 Å². The SMILES string of the molecule is Cl.N[C@@H](CCC(=O)N[C@@H](CSCC(=O)Nc1ccc([As](O)O)cc1)C(=O)NCC(=O)O)C(=O)O. The van der Waals surface area contributed by atoms with Crippen molar-refractivity contribution in [1.82, 2.24) is 10.6 Å². The van der Waals surface area contributed by atoms with E-state index in [2.05, 4.69) is 16.0 Å². The Morgan fingerprint density at radius 3 is 2.18 bits per heavy atom. The molecule has 0 saturated heterocycles. The number of carbonyl (C=O) groups is 5. The maximum absolute atomic E-state index is 12.2. The van der Waals surface area contributed by atoms with Crippen LogP contribution in [0.2, 0.25) is 0 Å². The zero-order valence-electron chi connectivity index (χ0n) is 17.7. The van der Waals surface area contributed by atoms with Crippen molar-refractivity contribution in [2.75, 3.05) is 23.4 Å². The Kier molecular flexibility index (Phi) is 15.2. The monoisotopic (exact) mass is 584 g/mol. The standard InChI is InChI=1S/C18H25AsN4O9S.ClH/c20-12(18(29)30)5-6-14(24)23-13(17(28)21-7-16(26)27)8-33-9-15(25)22-11-3-1-10(2-4-11)19(31)32;/h1-4,12-13,31-32H,5-9,20H2,(H,21,28)(H,22,25)(H,23,24)(H,26,27)(H,29,30);1H/t12-,13-;/m0./s1. The smallest absolute Gasteiger partial charge is 0.480 e. The summed E-state index contributed by atoms with van der Waals surface area (Å²) in [6, 6.07) is 3.58. The van der Waals surface area contributed by atoms with Gasteiger partial charge in [0, 0.05) is 6.42 Å². The van der Waals surface area contributed by atoms with Gasteiger partial charge < -0.3 is 15.9 Å². The second-order valence-corrected chi connectivity index (χ2v) is 9.94. The molecule has 0 spiro atoms. The van der Waals surface area contributed by atoms with Crippen molar-refractivity contribution >= 4 is 79.2 Å². The van der Waals surface area contributed by atoms with Gasteiger partial charge in [0.25, 0.3) is 0 Å². The van der Waals surface area contributed by atoms with Crippen LogP contribution >= 0.6 is 24.2 Å². The molecule has 3 amide bonds. The van der Waals surface area contributed by atoms with E-state index in [1.165, 1.54) is 24.3 Å². The molecule has 0 heterocycles. The number of nitrogens with one attached hydrogen (secondary N) is 3. The quantitative estimate of drug-likeness (QED) is 0.105. The van der Waals surface area contributed by atoms with E-state index < -0.39 is 63.6 Å². The fourth-order valence-corrected chi connectivity index (χ4v) is 4.01. The number of carboxylic acids is 2. The first-order valence-corrected chi connectivity index (χ1v) is 13.2. The molecule has 9 N–H and O–H groups in total. The Morgan fingerprint density at radius 2 is 1.65 bits per heavy atom. The van der Waals surface area contributed by atoms with Crippen LogP contribution in [-0.2, 0) is 24.0 Å².